The molecule has 0 aliphatic heterocycles. The first-order chi connectivity index (χ1) is 6.27. The Kier molecular flexibility index (Phi) is 3.87. The summed E-state index contributed by atoms with van der Waals surface area (Å²) in [5, 5.41) is 0. The number of rotatable bonds is 4. The molecule has 1 heterocycles. The van der Waals surface area contributed by atoms with E-state index in [0.29, 0.717) is 0 Å². The van der Waals surface area contributed by atoms with E-state index in [1.165, 1.54) is 6.20 Å². The van der Waals surface area contributed by atoms with E-state index in [0.717, 1.165) is 36.9 Å². The molecule has 1 aromatic heterocycles. The highest BCUT2D eigenvalue weighted by atomic mass is 19.1. The first-order valence-electron chi connectivity index (χ1n) is 4.91. The van der Waals surface area contributed by atoms with Gasteiger partial charge in [0, 0.05) is 5.69 Å². The molecule has 0 saturated carbocycles. The molecule has 0 spiro atoms. The number of nitrogens with zero attached hydrogens (tertiary/aromatic N) is 1. The van der Waals surface area contributed by atoms with Crippen LogP contribution in [0.3, 0.4) is 0 Å². The number of aromatic nitrogens is 1. The molecule has 72 valence electrons. The second kappa shape index (κ2) is 4.95. The van der Waals surface area contributed by atoms with Crippen molar-refractivity contribution in [3.05, 3.63) is 29.3 Å². The molecule has 0 amide bonds. The van der Waals surface area contributed by atoms with Crippen molar-refractivity contribution in [1.29, 1.82) is 0 Å². The molecular formula is C11H16FN. The Morgan fingerprint density at radius 1 is 1.38 bits per heavy atom. The third-order valence-corrected chi connectivity index (χ3v) is 2.15. The van der Waals surface area contributed by atoms with Gasteiger partial charge in [0.1, 0.15) is 5.82 Å². The Morgan fingerprint density at radius 2 is 2.15 bits per heavy atom. The van der Waals surface area contributed by atoms with Crippen LogP contribution in [0.15, 0.2) is 12.3 Å². The van der Waals surface area contributed by atoms with Crippen LogP contribution in [0.1, 0.15) is 37.9 Å². The molecule has 1 nitrogen and oxygen atoms in total. The minimum Gasteiger partial charge on any atom is -0.258 e. The van der Waals surface area contributed by atoms with Crippen LogP contribution in [0.2, 0.25) is 0 Å². The van der Waals surface area contributed by atoms with Crippen molar-refractivity contribution in [2.24, 2.45) is 0 Å². The summed E-state index contributed by atoms with van der Waals surface area (Å²) in [5.74, 6) is -0.161. The highest BCUT2D eigenvalue weighted by molar-refractivity contribution is 5.18. The van der Waals surface area contributed by atoms with Crippen LogP contribution in [-0.4, -0.2) is 4.98 Å². The lowest BCUT2D eigenvalue weighted by Gasteiger charge is -2.03. The maximum Gasteiger partial charge on any atom is 0.144 e. The third kappa shape index (κ3) is 2.79. The predicted molar refractivity (Wildman–Crippen MR) is 52.2 cm³/mol. The monoisotopic (exact) mass is 181 g/mol. The van der Waals surface area contributed by atoms with Crippen LogP contribution >= 0.6 is 0 Å². The van der Waals surface area contributed by atoms with Gasteiger partial charge in [0.2, 0.25) is 0 Å². The zero-order chi connectivity index (χ0) is 9.68. The quantitative estimate of drug-likeness (QED) is 0.695. The number of hydrogen-bond acceptors (Lipinski definition) is 1. The van der Waals surface area contributed by atoms with Crippen LogP contribution in [-0.2, 0) is 12.8 Å². The molecule has 0 N–H and O–H groups in total. The molecule has 13 heavy (non-hydrogen) atoms. The molecular weight excluding hydrogens is 165 g/mol. The van der Waals surface area contributed by atoms with Crippen LogP contribution in [0.25, 0.3) is 0 Å². The summed E-state index contributed by atoms with van der Waals surface area (Å²) in [7, 11) is 0. The molecule has 1 rings (SSSR count). The molecule has 0 saturated heterocycles. The maximum absolute atomic E-state index is 13.2. The van der Waals surface area contributed by atoms with Crippen molar-refractivity contribution in [2.75, 3.05) is 0 Å². The van der Waals surface area contributed by atoms with Crippen LogP contribution in [0.5, 0.6) is 0 Å². The summed E-state index contributed by atoms with van der Waals surface area (Å²) in [5.41, 5.74) is 1.79. The van der Waals surface area contributed by atoms with Gasteiger partial charge in [0.25, 0.3) is 0 Å². The van der Waals surface area contributed by atoms with Crippen molar-refractivity contribution >= 4 is 0 Å². The van der Waals surface area contributed by atoms with E-state index in [4.69, 9.17) is 0 Å². The molecule has 0 aliphatic rings. The van der Waals surface area contributed by atoms with Crippen molar-refractivity contribution < 1.29 is 4.39 Å². The Labute approximate surface area is 79.0 Å². The molecule has 2 heteroatoms. The van der Waals surface area contributed by atoms with Crippen molar-refractivity contribution in [3.63, 3.8) is 0 Å². The first-order valence-corrected chi connectivity index (χ1v) is 4.91. The number of hydrogen-bond donors (Lipinski definition) is 0. The number of pyridine rings is 1. The van der Waals surface area contributed by atoms with E-state index in [1.54, 1.807) is 0 Å². The minimum absolute atomic E-state index is 0.161. The van der Waals surface area contributed by atoms with E-state index in [-0.39, 0.29) is 5.82 Å². The summed E-state index contributed by atoms with van der Waals surface area (Å²) in [6, 6.07) is 1.88. The standard InChI is InChI=1S/C11H16FN/c1-3-5-6-9-7-10(4-2)13-8-11(9)12/h7-8H,3-6H2,1-2H3. The average molecular weight is 181 g/mol. The molecule has 0 bridgehead atoms. The van der Waals surface area contributed by atoms with Gasteiger partial charge >= 0.3 is 0 Å². The van der Waals surface area contributed by atoms with E-state index in [2.05, 4.69) is 11.9 Å². The van der Waals surface area contributed by atoms with Crippen LogP contribution in [0.4, 0.5) is 4.39 Å². The summed E-state index contributed by atoms with van der Waals surface area (Å²) in [6.07, 6.45) is 5.19. The normalized spacial score (nSPS) is 10.4. The Bertz CT molecular complexity index is 271. The van der Waals surface area contributed by atoms with Crippen LogP contribution in [0, 0.1) is 5.82 Å². The molecule has 1 aromatic rings. The maximum atomic E-state index is 13.2. The number of halogens is 1. The zero-order valence-electron chi connectivity index (χ0n) is 8.31. The second-order valence-corrected chi connectivity index (χ2v) is 3.22. The first kappa shape index (κ1) is 10.2. The minimum atomic E-state index is -0.161. The Morgan fingerprint density at radius 3 is 2.77 bits per heavy atom. The lowest BCUT2D eigenvalue weighted by atomic mass is 10.1. The Hall–Kier alpha value is -0.920. The highest BCUT2D eigenvalue weighted by Crippen LogP contribution is 2.11. The molecule has 0 radical (unpaired) electrons. The average Bonchev–Trinajstić information content (AvgIpc) is 2.17. The fourth-order valence-corrected chi connectivity index (χ4v) is 1.28. The van der Waals surface area contributed by atoms with Crippen molar-refractivity contribution in [2.45, 2.75) is 39.5 Å². The van der Waals surface area contributed by atoms with E-state index in [1.807, 2.05) is 13.0 Å². The molecule has 0 unspecified atom stereocenters. The predicted octanol–water partition coefficient (Wildman–Crippen LogP) is 3.13. The fourth-order valence-electron chi connectivity index (χ4n) is 1.28. The summed E-state index contributed by atoms with van der Waals surface area (Å²) in [6.45, 7) is 4.14. The summed E-state index contributed by atoms with van der Waals surface area (Å²) < 4.78 is 13.2. The summed E-state index contributed by atoms with van der Waals surface area (Å²) in [4.78, 5) is 3.99. The molecule has 0 atom stereocenters. The highest BCUT2D eigenvalue weighted by Gasteiger charge is 2.02. The van der Waals surface area contributed by atoms with Crippen molar-refractivity contribution in [1.82, 2.24) is 4.98 Å². The Balaban J connectivity index is 2.78. The van der Waals surface area contributed by atoms with Gasteiger partial charge in [0.05, 0.1) is 6.20 Å². The molecule has 0 aliphatic carbocycles. The zero-order valence-corrected chi connectivity index (χ0v) is 8.31. The van der Waals surface area contributed by atoms with E-state index in [9.17, 15) is 4.39 Å². The van der Waals surface area contributed by atoms with Gasteiger partial charge in [-0.15, -0.1) is 0 Å². The largest absolute Gasteiger partial charge is 0.258 e. The lowest BCUT2D eigenvalue weighted by Crippen LogP contribution is -1.96. The third-order valence-electron chi connectivity index (χ3n) is 2.15. The van der Waals surface area contributed by atoms with Crippen molar-refractivity contribution in [3.8, 4) is 0 Å². The van der Waals surface area contributed by atoms with Gasteiger partial charge in [-0.1, -0.05) is 20.3 Å². The van der Waals surface area contributed by atoms with Gasteiger partial charge in [-0.3, -0.25) is 4.98 Å². The molecule has 0 fully saturated rings. The topological polar surface area (TPSA) is 12.9 Å². The van der Waals surface area contributed by atoms with Gasteiger partial charge < -0.3 is 0 Å². The van der Waals surface area contributed by atoms with Crippen LogP contribution < -0.4 is 0 Å². The van der Waals surface area contributed by atoms with Gasteiger partial charge in [0.15, 0.2) is 0 Å². The molecule has 0 aromatic carbocycles. The number of unbranched alkanes of at least 4 members (excludes halogenated alkanes) is 1. The number of aryl methyl sites for hydroxylation is 2. The second-order valence-electron chi connectivity index (χ2n) is 3.22. The van der Waals surface area contributed by atoms with E-state index >= 15 is 0 Å². The van der Waals surface area contributed by atoms with Gasteiger partial charge in [-0.05, 0) is 30.9 Å². The smallest absolute Gasteiger partial charge is 0.144 e. The van der Waals surface area contributed by atoms with Gasteiger partial charge in [-0.2, -0.15) is 0 Å². The summed E-state index contributed by atoms with van der Waals surface area (Å²) >= 11 is 0. The lowest BCUT2D eigenvalue weighted by molar-refractivity contribution is 0.594. The fraction of sp³-hybridized carbons (Fsp3) is 0.545. The SMILES string of the molecule is CCCCc1cc(CC)ncc1F. The van der Waals surface area contributed by atoms with Gasteiger partial charge in [-0.25, -0.2) is 4.39 Å². The van der Waals surface area contributed by atoms with E-state index < -0.39 is 0 Å².